The summed E-state index contributed by atoms with van der Waals surface area (Å²) in [5.74, 6) is 0. The fraction of sp³-hybridized carbons (Fsp3) is 0.125. The maximum atomic E-state index is 5.47. The van der Waals surface area contributed by atoms with E-state index in [2.05, 4.69) is 64.5 Å². The monoisotopic (exact) mass is 298 g/mol. The van der Waals surface area contributed by atoms with Crippen molar-refractivity contribution >= 4 is 37.5 Å². The molecule has 1 fully saturated rings. The van der Waals surface area contributed by atoms with Gasteiger partial charge in [0.15, 0.2) is 0 Å². The Morgan fingerprint density at radius 1 is 0.889 bits per heavy atom. The highest BCUT2D eigenvalue weighted by molar-refractivity contribution is 9.10. The van der Waals surface area contributed by atoms with E-state index in [0.717, 1.165) is 11.1 Å². The third-order valence-corrected chi connectivity index (χ3v) is 4.26. The molecule has 18 heavy (non-hydrogen) atoms. The van der Waals surface area contributed by atoms with Gasteiger partial charge >= 0.3 is 0 Å². The first-order valence-electron chi connectivity index (χ1n) is 6.06. The summed E-state index contributed by atoms with van der Waals surface area (Å²) in [6.07, 6.45) is 0.268. The average Bonchev–Trinajstić information content (AvgIpc) is 3.22. The highest BCUT2D eigenvalue weighted by Crippen LogP contribution is 2.41. The lowest BCUT2D eigenvalue weighted by Gasteiger charge is -2.09. The van der Waals surface area contributed by atoms with E-state index in [1.807, 2.05) is 0 Å². The molecule has 0 aliphatic carbocycles. The Morgan fingerprint density at radius 3 is 2.50 bits per heavy atom. The molecule has 2 heteroatoms. The Bertz CT molecular complexity index is 759. The van der Waals surface area contributed by atoms with Crippen LogP contribution in [0.2, 0.25) is 0 Å². The lowest BCUT2D eigenvalue weighted by atomic mass is 9.97. The van der Waals surface area contributed by atoms with Gasteiger partial charge in [-0.05, 0) is 27.6 Å². The summed E-state index contributed by atoms with van der Waals surface area (Å²) in [6, 6.07) is 17.2. The fourth-order valence-electron chi connectivity index (χ4n) is 2.63. The lowest BCUT2D eigenvalue weighted by molar-refractivity contribution is 0.416. The van der Waals surface area contributed by atoms with Crippen molar-refractivity contribution < 1.29 is 4.74 Å². The molecule has 0 saturated carbocycles. The van der Waals surface area contributed by atoms with Crippen LogP contribution in [0.1, 0.15) is 11.7 Å². The van der Waals surface area contributed by atoms with Crippen molar-refractivity contribution in [1.29, 1.82) is 0 Å². The maximum Gasteiger partial charge on any atom is 0.108 e. The first-order valence-corrected chi connectivity index (χ1v) is 6.85. The van der Waals surface area contributed by atoms with Crippen LogP contribution in [0.25, 0.3) is 21.5 Å². The first-order chi connectivity index (χ1) is 8.84. The molecule has 1 heterocycles. The number of epoxide rings is 1. The van der Waals surface area contributed by atoms with Crippen molar-refractivity contribution in [1.82, 2.24) is 0 Å². The van der Waals surface area contributed by atoms with Crippen LogP contribution in [0.3, 0.4) is 0 Å². The van der Waals surface area contributed by atoms with Gasteiger partial charge in [-0.15, -0.1) is 0 Å². The van der Waals surface area contributed by atoms with Gasteiger partial charge < -0.3 is 4.74 Å². The predicted molar refractivity (Wildman–Crippen MR) is 77.8 cm³/mol. The Labute approximate surface area is 113 Å². The zero-order chi connectivity index (χ0) is 12.1. The van der Waals surface area contributed by atoms with Crippen molar-refractivity contribution in [3.8, 4) is 0 Å². The fourth-order valence-corrected chi connectivity index (χ4v) is 3.23. The highest BCUT2D eigenvalue weighted by atomic mass is 79.9. The van der Waals surface area contributed by atoms with Crippen LogP contribution in [0.15, 0.2) is 53.0 Å². The molecule has 0 aromatic heterocycles. The zero-order valence-corrected chi connectivity index (χ0v) is 11.3. The summed E-state index contributed by atoms with van der Waals surface area (Å²) in [7, 11) is 0. The van der Waals surface area contributed by atoms with E-state index in [0.29, 0.717) is 0 Å². The molecule has 1 nitrogen and oxygen atoms in total. The number of hydrogen-bond donors (Lipinski definition) is 0. The van der Waals surface area contributed by atoms with E-state index in [1.165, 1.54) is 27.1 Å². The van der Waals surface area contributed by atoms with Crippen LogP contribution in [-0.4, -0.2) is 6.61 Å². The maximum absolute atomic E-state index is 5.47. The molecule has 1 aliphatic heterocycles. The minimum Gasteiger partial charge on any atom is -0.368 e. The average molecular weight is 299 g/mol. The number of rotatable bonds is 1. The summed E-state index contributed by atoms with van der Waals surface area (Å²) in [5.41, 5.74) is 1.29. The molecule has 0 spiro atoms. The van der Waals surface area contributed by atoms with Gasteiger partial charge in [0.1, 0.15) is 6.10 Å². The van der Waals surface area contributed by atoms with Crippen molar-refractivity contribution in [3.63, 3.8) is 0 Å². The van der Waals surface area contributed by atoms with E-state index in [-0.39, 0.29) is 6.10 Å². The van der Waals surface area contributed by atoms with Gasteiger partial charge in [-0.2, -0.15) is 0 Å². The zero-order valence-electron chi connectivity index (χ0n) is 9.69. The van der Waals surface area contributed by atoms with E-state index < -0.39 is 0 Å². The normalized spacial score (nSPS) is 18.4. The van der Waals surface area contributed by atoms with Crippen LogP contribution in [-0.2, 0) is 4.74 Å². The molecule has 0 bridgehead atoms. The van der Waals surface area contributed by atoms with Gasteiger partial charge in [0.25, 0.3) is 0 Å². The molecule has 1 aliphatic rings. The van der Waals surface area contributed by atoms with Gasteiger partial charge in [-0.1, -0.05) is 58.4 Å². The molecule has 3 aromatic carbocycles. The topological polar surface area (TPSA) is 12.5 Å². The van der Waals surface area contributed by atoms with Gasteiger partial charge in [0.2, 0.25) is 0 Å². The molecule has 4 rings (SSSR count). The molecule has 0 N–H and O–H groups in total. The highest BCUT2D eigenvalue weighted by Gasteiger charge is 2.28. The Morgan fingerprint density at radius 2 is 1.67 bits per heavy atom. The Balaban J connectivity index is 2.18. The Kier molecular flexibility index (Phi) is 2.23. The van der Waals surface area contributed by atoms with Gasteiger partial charge in [-0.25, -0.2) is 0 Å². The van der Waals surface area contributed by atoms with E-state index in [1.54, 1.807) is 0 Å². The third-order valence-electron chi connectivity index (χ3n) is 3.57. The molecule has 0 radical (unpaired) electrons. The van der Waals surface area contributed by atoms with Crippen LogP contribution < -0.4 is 0 Å². The molecule has 1 atom stereocenters. The number of hydrogen-bond acceptors (Lipinski definition) is 1. The molecular formula is C16H11BrO. The Hall–Kier alpha value is -1.38. The first kappa shape index (κ1) is 10.5. The van der Waals surface area contributed by atoms with Crippen LogP contribution >= 0.6 is 15.9 Å². The van der Waals surface area contributed by atoms with Gasteiger partial charge in [0, 0.05) is 10.0 Å². The standard InChI is InChI=1S/C16H11BrO/c17-14-8-7-12-11-4-2-1-3-10(11)5-6-13(12)16(14)15-9-18-15/h1-8,15H,9H2/t15-/m1/s1. The van der Waals surface area contributed by atoms with E-state index >= 15 is 0 Å². The summed E-state index contributed by atoms with van der Waals surface area (Å²) < 4.78 is 6.61. The van der Waals surface area contributed by atoms with Crippen LogP contribution in [0.5, 0.6) is 0 Å². The number of fused-ring (bicyclic) bond motifs is 3. The van der Waals surface area contributed by atoms with E-state index in [4.69, 9.17) is 4.74 Å². The molecule has 1 saturated heterocycles. The summed E-state index contributed by atoms with van der Waals surface area (Å²) in [6.45, 7) is 0.838. The van der Waals surface area contributed by atoms with Crippen molar-refractivity contribution in [2.75, 3.05) is 6.61 Å². The summed E-state index contributed by atoms with van der Waals surface area (Å²) in [4.78, 5) is 0. The second-order valence-corrected chi connectivity index (χ2v) is 5.52. The van der Waals surface area contributed by atoms with E-state index in [9.17, 15) is 0 Å². The predicted octanol–water partition coefficient (Wildman–Crippen LogP) is 4.83. The summed E-state index contributed by atoms with van der Waals surface area (Å²) >= 11 is 3.64. The third kappa shape index (κ3) is 1.49. The SMILES string of the molecule is Brc1ccc2c(ccc3ccccc32)c1[C@H]1CO1. The second kappa shape index (κ2) is 3.81. The molecular weight excluding hydrogens is 288 g/mol. The quantitative estimate of drug-likeness (QED) is 0.463. The van der Waals surface area contributed by atoms with Crippen molar-refractivity contribution in [2.24, 2.45) is 0 Å². The van der Waals surface area contributed by atoms with Crippen molar-refractivity contribution in [3.05, 3.63) is 58.6 Å². The summed E-state index contributed by atoms with van der Waals surface area (Å²) in [5, 5.41) is 5.20. The minimum atomic E-state index is 0.268. The van der Waals surface area contributed by atoms with Crippen LogP contribution in [0.4, 0.5) is 0 Å². The van der Waals surface area contributed by atoms with Gasteiger partial charge in [-0.3, -0.25) is 0 Å². The second-order valence-electron chi connectivity index (χ2n) is 4.66. The number of halogens is 1. The molecule has 88 valence electrons. The molecule has 3 aromatic rings. The van der Waals surface area contributed by atoms with Crippen LogP contribution in [0, 0.1) is 0 Å². The smallest absolute Gasteiger partial charge is 0.108 e. The number of benzene rings is 3. The minimum absolute atomic E-state index is 0.268. The number of ether oxygens (including phenoxy) is 1. The largest absolute Gasteiger partial charge is 0.368 e. The molecule has 0 unspecified atom stereocenters. The lowest BCUT2D eigenvalue weighted by Crippen LogP contribution is -1.87. The van der Waals surface area contributed by atoms with Crippen molar-refractivity contribution in [2.45, 2.75) is 6.10 Å². The molecule has 0 amide bonds. The van der Waals surface area contributed by atoms with Gasteiger partial charge in [0.05, 0.1) is 6.61 Å².